The highest BCUT2D eigenvalue weighted by molar-refractivity contribution is 7.98. The van der Waals surface area contributed by atoms with Gasteiger partial charge in [-0.2, -0.15) is 5.10 Å². The van der Waals surface area contributed by atoms with E-state index >= 15 is 0 Å². The molecule has 9 nitrogen and oxygen atoms in total. The average Bonchev–Trinajstić information content (AvgIpc) is 3.62. The first-order valence-corrected chi connectivity index (χ1v) is 18.1. The van der Waals surface area contributed by atoms with Crippen molar-refractivity contribution in [1.29, 1.82) is 0 Å². The maximum atomic E-state index is 13.3. The van der Waals surface area contributed by atoms with Crippen LogP contribution in [0.4, 0.5) is 0 Å². The Hall–Kier alpha value is -4.48. The van der Waals surface area contributed by atoms with E-state index in [9.17, 15) is 9.90 Å². The van der Waals surface area contributed by atoms with Gasteiger partial charge in [0.05, 0.1) is 52.0 Å². The highest BCUT2D eigenvalue weighted by Crippen LogP contribution is 2.43. The lowest BCUT2D eigenvalue weighted by molar-refractivity contribution is 0.0587. The van der Waals surface area contributed by atoms with E-state index in [1.807, 2.05) is 54.8 Å². The van der Waals surface area contributed by atoms with Gasteiger partial charge >= 0.3 is 5.97 Å². The molecule has 0 amide bonds. The van der Waals surface area contributed by atoms with Gasteiger partial charge in [0.1, 0.15) is 17.2 Å². The van der Waals surface area contributed by atoms with Gasteiger partial charge in [0.25, 0.3) is 0 Å². The van der Waals surface area contributed by atoms with Crippen LogP contribution in [0.3, 0.4) is 0 Å². The van der Waals surface area contributed by atoms with Gasteiger partial charge in [-0.1, -0.05) is 48.0 Å². The fourth-order valence-corrected chi connectivity index (χ4v) is 7.85. The maximum Gasteiger partial charge on any atom is 0.354 e. The van der Waals surface area contributed by atoms with Crippen molar-refractivity contribution in [2.75, 3.05) is 34.5 Å². The molecule has 0 fully saturated rings. The fraction of sp³-hybridized carbons (Fsp3) is 0.300. The summed E-state index contributed by atoms with van der Waals surface area (Å²) < 4.78 is 26.1. The summed E-state index contributed by atoms with van der Waals surface area (Å²) in [5.74, 6) is 2.04. The third-order valence-electron chi connectivity index (χ3n) is 9.09. The number of aliphatic hydroxyl groups excluding tert-OH is 1. The molecule has 0 atom stereocenters. The minimum atomic E-state index is -0.436. The number of thioether (sulfide) groups is 1. The predicted molar refractivity (Wildman–Crippen MR) is 203 cm³/mol. The first kappa shape index (κ1) is 36.3. The minimum absolute atomic E-state index is 0.233. The van der Waals surface area contributed by atoms with Gasteiger partial charge in [-0.05, 0) is 73.2 Å². The highest BCUT2D eigenvalue weighted by Gasteiger charge is 2.27. The summed E-state index contributed by atoms with van der Waals surface area (Å²) in [6, 6.07) is 24.4. The van der Waals surface area contributed by atoms with Gasteiger partial charge in [0.2, 0.25) is 0 Å². The standard InChI is InChI=1S/C40H42ClN3O6S/c1-25-36-33(16-15-32(41)38(36)37-26(2)42-44(18-20-47-3)34(37)23-45)43(39(25)40(46)49-5)17-8-19-50-35-22-30(21-28-9-6-7-10-31(28)35)51-24-27-11-13-29(48-4)14-12-27/h6-7,9-16,21-22,45H,8,17-20,23-24H2,1-5H3. The SMILES string of the molecule is COCCn1nc(C)c(-c2c(Cl)ccc3c2c(C)c(C(=O)OC)n3CCCOc2cc(SCc3ccc(OC)cc3)cc3ccccc23)c1CO. The third kappa shape index (κ3) is 7.46. The number of methoxy groups -OCH3 is 3. The number of esters is 1. The number of aromatic nitrogens is 3. The van der Waals surface area contributed by atoms with Crippen LogP contribution in [-0.2, 0) is 34.9 Å². The van der Waals surface area contributed by atoms with Gasteiger partial charge in [0.15, 0.2) is 0 Å². The number of halogens is 1. The molecule has 11 heteroatoms. The van der Waals surface area contributed by atoms with Crippen LogP contribution in [0.25, 0.3) is 32.8 Å². The maximum absolute atomic E-state index is 13.3. The number of benzene rings is 4. The third-order valence-corrected chi connectivity index (χ3v) is 10.4. The summed E-state index contributed by atoms with van der Waals surface area (Å²) in [7, 11) is 4.69. The lowest BCUT2D eigenvalue weighted by Crippen LogP contribution is -2.13. The van der Waals surface area contributed by atoms with Crippen LogP contribution in [0.1, 0.15) is 39.4 Å². The van der Waals surface area contributed by atoms with E-state index in [0.29, 0.717) is 49.1 Å². The molecule has 4 aromatic carbocycles. The molecule has 51 heavy (non-hydrogen) atoms. The van der Waals surface area contributed by atoms with E-state index in [2.05, 4.69) is 36.4 Å². The second-order valence-electron chi connectivity index (χ2n) is 12.2. The predicted octanol–water partition coefficient (Wildman–Crippen LogP) is 8.62. The summed E-state index contributed by atoms with van der Waals surface area (Å²) in [5, 5.41) is 18.6. The lowest BCUT2D eigenvalue weighted by Gasteiger charge is -2.14. The van der Waals surface area contributed by atoms with E-state index < -0.39 is 5.97 Å². The number of hydrogen-bond donors (Lipinski definition) is 1. The molecular formula is C40H42ClN3O6S. The molecule has 0 spiro atoms. The van der Waals surface area contributed by atoms with Crippen LogP contribution in [0.15, 0.2) is 77.7 Å². The Bertz CT molecular complexity index is 2180. The molecule has 6 aromatic rings. The topological polar surface area (TPSA) is 97.0 Å². The van der Waals surface area contributed by atoms with Crippen molar-refractivity contribution >= 4 is 51.0 Å². The Morgan fingerprint density at radius 1 is 0.941 bits per heavy atom. The number of rotatable bonds is 15. The number of hydrogen-bond acceptors (Lipinski definition) is 8. The number of nitrogens with zero attached hydrogens (tertiary/aromatic N) is 3. The van der Waals surface area contributed by atoms with Gasteiger partial charge in [-0.15, -0.1) is 11.8 Å². The number of fused-ring (bicyclic) bond motifs is 2. The molecular weight excluding hydrogens is 686 g/mol. The molecule has 0 aliphatic rings. The second-order valence-corrected chi connectivity index (χ2v) is 13.7. The first-order valence-electron chi connectivity index (χ1n) is 16.8. The molecule has 2 heterocycles. The van der Waals surface area contributed by atoms with Crippen LogP contribution < -0.4 is 9.47 Å². The molecule has 0 radical (unpaired) electrons. The molecule has 6 rings (SSSR count). The largest absolute Gasteiger partial charge is 0.497 e. The van der Waals surface area contributed by atoms with E-state index in [4.69, 9.17) is 35.6 Å². The summed E-state index contributed by atoms with van der Waals surface area (Å²) in [6.45, 7) is 5.42. The normalized spacial score (nSPS) is 11.4. The van der Waals surface area contributed by atoms with E-state index in [1.165, 1.54) is 12.7 Å². The lowest BCUT2D eigenvalue weighted by atomic mass is 9.97. The van der Waals surface area contributed by atoms with Gasteiger partial charge < -0.3 is 28.6 Å². The van der Waals surface area contributed by atoms with Crippen LogP contribution in [-0.4, -0.2) is 60.0 Å². The number of ether oxygens (including phenoxy) is 4. The zero-order chi connectivity index (χ0) is 36.1. The number of aryl methyl sites for hydroxylation is 3. The Labute approximate surface area is 307 Å². The van der Waals surface area contributed by atoms with Crippen LogP contribution >= 0.6 is 23.4 Å². The fourth-order valence-electron chi connectivity index (χ4n) is 6.67. The van der Waals surface area contributed by atoms with Crippen LogP contribution in [0.2, 0.25) is 5.02 Å². The van der Waals surface area contributed by atoms with Crippen molar-refractivity contribution in [3.8, 4) is 22.6 Å². The molecule has 0 saturated heterocycles. The molecule has 0 saturated carbocycles. The summed E-state index contributed by atoms with van der Waals surface area (Å²) in [6.07, 6.45) is 0.624. The molecule has 0 bridgehead atoms. The van der Waals surface area contributed by atoms with Gasteiger partial charge in [0, 0.05) is 56.7 Å². The van der Waals surface area contributed by atoms with Crippen LogP contribution in [0, 0.1) is 13.8 Å². The molecule has 266 valence electrons. The van der Waals surface area contributed by atoms with E-state index in [0.717, 1.165) is 66.2 Å². The van der Waals surface area contributed by atoms with Crippen molar-refractivity contribution in [3.05, 3.63) is 106 Å². The molecule has 0 aliphatic heterocycles. The van der Waals surface area contributed by atoms with Gasteiger partial charge in [-0.3, -0.25) is 4.68 Å². The zero-order valence-electron chi connectivity index (χ0n) is 29.5. The Balaban J connectivity index is 1.28. The van der Waals surface area contributed by atoms with Crippen molar-refractivity contribution in [2.24, 2.45) is 0 Å². The smallest absolute Gasteiger partial charge is 0.354 e. The van der Waals surface area contributed by atoms with Crippen LogP contribution in [0.5, 0.6) is 11.5 Å². The Morgan fingerprint density at radius 3 is 2.45 bits per heavy atom. The van der Waals surface area contributed by atoms with E-state index in [1.54, 1.807) is 30.7 Å². The zero-order valence-corrected chi connectivity index (χ0v) is 31.1. The van der Waals surface area contributed by atoms with E-state index in [-0.39, 0.29) is 6.61 Å². The number of aliphatic hydroxyl groups is 1. The van der Waals surface area contributed by atoms with Gasteiger partial charge in [-0.25, -0.2) is 4.79 Å². The molecule has 0 unspecified atom stereocenters. The van der Waals surface area contributed by atoms with Crippen molar-refractivity contribution in [3.63, 3.8) is 0 Å². The molecule has 0 aliphatic carbocycles. The number of carbonyl (C=O) groups is 1. The average molecular weight is 728 g/mol. The number of carbonyl (C=O) groups excluding carboxylic acids is 1. The first-order chi connectivity index (χ1) is 24.8. The molecule has 2 aromatic heterocycles. The van der Waals surface area contributed by atoms with Crippen molar-refractivity contribution in [2.45, 2.75) is 50.6 Å². The molecule has 1 N–H and O–H groups in total. The highest BCUT2D eigenvalue weighted by atomic mass is 35.5. The Kier molecular flexibility index (Phi) is 11.6. The van der Waals surface area contributed by atoms with Crippen molar-refractivity contribution in [1.82, 2.24) is 14.3 Å². The quantitative estimate of drug-likeness (QED) is 0.0638. The second kappa shape index (κ2) is 16.2. The summed E-state index contributed by atoms with van der Waals surface area (Å²) in [4.78, 5) is 14.4. The minimum Gasteiger partial charge on any atom is -0.497 e. The van der Waals surface area contributed by atoms with Crippen molar-refractivity contribution < 1.29 is 28.8 Å². The Morgan fingerprint density at radius 2 is 1.73 bits per heavy atom. The summed E-state index contributed by atoms with van der Waals surface area (Å²) >= 11 is 8.69. The monoisotopic (exact) mass is 727 g/mol. The summed E-state index contributed by atoms with van der Waals surface area (Å²) in [5.41, 5.74) is 6.08.